The van der Waals surface area contributed by atoms with Crippen LogP contribution >= 0.6 is 11.8 Å². The highest BCUT2D eigenvalue weighted by atomic mass is 32.2. The van der Waals surface area contributed by atoms with Crippen LogP contribution in [-0.4, -0.2) is 69.0 Å². The minimum Gasteiger partial charge on any atom is -0.390 e. The minimum atomic E-state index is -1.28. The van der Waals surface area contributed by atoms with E-state index in [4.69, 9.17) is 5.73 Å². The van der Waals surface area contributed by atoms with Gasteiger partial charge in [-0.1, -0.05) is 54.6 Å². The molecule has 0 radical (unpaired) electrons. The molecule has 0 fully saturated rings. The molecule has 1 aromatic heterocycles. The van der Waals surface area contributed by atoms with Crippen LogP contribution in [0.1, 0.15) is 49.7 Å². The summed E-state index contributed by atoms with van der Waals surface area (Å²) < 4.78 is 0. The van der Waals surface area contributed by atoms with E-state index in [1.54, 1.807) is 18.2 Å². The standard InChI is InChI=1S/C31H39N5O5S/c1-31(2,3)36-28(39)15-16-42-19-26(37)24(17-20-9-5-4-6-10-20)34-30(41)25(18-27(32)38)35-29(40)23-14-13-21-11-7-8-12-22(21)33-23/h4-14,24-26,37H,15-19H2,1-3H3,(H2,32,38)(H,34,41)(H,35,40)(H,36,39)/t24-,25-,26-/m0/s1. The molecule has 10 nitrogen and oxygen atoms in total. The highest BCUT2D eigenvalue weighted by molar-refractivity contribution is 7.99. The van der Waals surface area contributed by atoms with Crippen LogP contribution in [0.2, 0.25) is 0 Å². The van der Waals surface area contributed by atoms with E-state index in [0.717, 1.165) is 10.9 Å². The highest BCUT2D eigenvalue weighted by Gasteiger charge is 2.29. The van der Waals surface area contributed by atoms with E-state index in [1.807, 2.05) is 63.2 Å². The Balaban J connectivity index is 1.69. The number of benzene rings is 2. The number of nitrogens with zero attached hydrogens (tertiary/aromatic N) is 1. The maximum atomic E-state index is 13.4. The maximum Gasteiger partial charge on any atom is 0.270 e. The number of aliphatic hydroxyl groups excluding tert-OH is 1. The fraction of sp³-hybridized carbons (Fsp3) is 0.387. The van der Waals surface area contributed by atoms with Gasteiger partial charge in [-0.05, 0) is 44.9 Å². The molecule has 0 unspecified atom stereocenters. The van der Waals surface area contributed by atoms with Crippen molar-refractivity contribution in [2.45, 2.75) is 63.8 Å². The zero-order valence-corrected chi connectivity index (χ0v) is 24.9. The van der Waals surface area contributed by atoms with Gasteiger partial charge in [-0.2, -0.15) is 11.8 Å². The molecule has 0 spiro atoms. The Morgan fingerprint density at radius 1 is 0.952 bits per heavy atom. The van der Waals surface area contributed by atoms with Crippen LogP contribution < -0.4 is 21.7 Å². The first-order chi connectivity index (χ1) is 19.9. The van der Waals surface area contributed by atoms with Crippen molar-refractivity contribution in [2.24, 2.45) is 5.73 Å². The lowest BCUT2D eigenvalue weighted by molar-refractivity contribution is -0.128. The molecule has 0 aliphatic carbocycles. The number of pyridine rings is 1. The molecule has 0 aliphatic rings. The SMILES string of the molecule is CC(C)(C)NC(=O)CCSC[C@H](O)[C@H](Cc1ccccc1)NC(=O)[C@H](CC(N)=O)NC(=O)c1ccc2ccccc2n1. The van der Waals surface area contributed by atoms with Crippen LogP contribution in [0, 0.1) is 0 Å². The van der Waals surface area contributed by atoms with Gasteiger partial charge in [0.25, 0.3) is 5.91 Å². The van der Waals surface area contributed by atoms with Crippen molar-refractivity contribution in [3.05, 3.63) is 78.0 Å². The number of aromatic nitrogens is 1. The Morgan fingerprint density at radius 3 is 2.33 bits per heavy atom. The first kappa shape index (κ1) is 32.6. The minimum absolute atomic E-state index is 0.0791. The molecule has 3 aromatic rings. The number of para-hydroxylation sites is 1. The number of thioether (sulfide) groups is 1. The summed E-state index contributed by atoms with van der Waals surface area (Å²) in [6.45, 7) is 5.72. The van der Waals surface area contributed by atoms with Crippen LogP contribution in [-0.2, 0) is 20.8 Å². The molecular weight excluding hydrogens is 554 g/mol. The third kappa shape index (κ3) is 10.8. The van der Waals surface area contributed by atoms with Crippen LogP contribution in [0.25, 0.3) is 10.9 Å². The highest BCUT2D eigenvalue weighted by Crippen LogP contribution is 2.14. The summed E-state index contributed by atoms with van der Waals surface area (Å²) in [7, 11) is 0. The molecule has 11 heteroatoms. The lowest BCUT2D eigenvalue weighted by Gasteiger charge is -2.27. The van der Waals surface area contributed by atoms with Crippen LogP contribution in [0.3, 0.4) is 0 Å². The van der Waals surface area contributed by atoms with Crippen molar-refractivity contribution in [2.75, 3.05) is 11.5 Å². The number of nitrogens with two attached hydrogens (primary N) is 1. The predicted octanol–water partition coefficient (Wildman–Crippen LogP) is 2.34. The zero-order valence-electron chi connectivity index (χ0n) is 24.1. The van der Waals surface area contributed by atoms with Gasteiger partial charge in [-0.3, -0.25) is 19.2 Å². The topological polar surface area (TPSA) is 164 Å². The Hall–Kier alpha value is -3.96. The number of aliphatic hydroxyl groups is 1. The van der Waals surface area contributed by atoms with Gasteiger partial charge in [-0.15, -0.1) is 0 Å². The van der Waals surface area contributed by atoms with Gasteiger partial charge >= 0.3 is 0 Å². The van der Waals surface area contributed by atoms with E-state index in [-0.39, 0.29) is 22.9 Å². The summed E-state index contributed by atoms with van der Waals surface area (Å²) in [5.74, 6) is -1.39. The number of primary amides is 1. The second-order valence-electron chi connectivity index (χ2n) is 11.1. The lowest BCUT2D eigenvalue weighted by Crippen LogP contribution is -2.54. The van der Waals surface area contributed by atoms with E-state index >= 15 is 0 Å². The number of carbonyl (C=O) groups excluding carboxylic acids is 4. The molecule has 2 aromatic carbocycles. The summed E-state index contributed by atoms with van der Waals surface area (Å²) in [6, 6.07) is 17.9. The number of nitrogens with one attached hydrogen (secondary N) is 3. The van der Waals surface area contributed by atoms with Crippen molar-refractivity contribution in [3.8, 4) is 0 Å². The second kappa shape index (κ2) is 15.3. The van der Waals surface area contributed by atoms with Crippen molar-refractivity contribution in [1.82, 2.24) is 20.9 Å². The van der Waals surface area contributed by atoms with Gasteiger partial charge in [0.05, 0.1) is 24.1 Å². The fourth-order valence-electron chi connectivity index (χ4n) is 4.24. The molecule has 6 N–H and O–H groups in total. The van der Waals surface area contributed by atoms with E-state index in [0.29, 0.717) is 24.1 Å². The molecule has 1 heterocycles. The number of hydrogen-bond donors (Lipinski definition) is 5. The molecule has 3 rings (SSSR count). The predicted molar refractivity (Wildman–Crippen MR) is 165 cm³/mol. The molecule has 0 saturated heterocycles. The fourth-order valence-corrected chi connectivity index (χ4v) is 5.21. The van der Waals surface area contributed by atoms with Crippen molar-refractivity contribution < 1.29 is 24.3 Å². The summed E-state index contributed by atoms with van der Waals surface area (Å²) in [5, 5.41) is 20.2. The number of fused-ring (bicyclic) bond motifs is 1. The third-order valence-corrected chi connectivity index (χ3v) is 7.30. The molecule has 0 saturated carbocycles. The molecule has 4 amide bonds. The van der Waals surface area contributed by atoms with E-state index in [1.165, 1.54) is 17.8 Å². The molecule has 0 bridgehead atoms. The third-order valence-electron chi connectivity index (χ3n) is 6.23. The Morgan fingerprint density at radius 2 is 1.64 bits per heavy atom. The average Bonchev–Trinajstić information content (AvgIpc) is 2.93. The zero-order chi connectivity index (χ0) is 30.7. The summed E-state index contributed by atoms with van der Waals surface area (Å²) in [6.07, 6.45) is -0.809. The average molecular weight is 594 g/mol. The lowest BCUT2D eigenvalue weighted by atomic mass is 10.0. The number of hydrogen-bond acceptors (Lipinski definition) is 7. The Bertz CT molecular complexity index is 1380. The summed E-state index contributed by atoms with van der Waals surface area (Å²) in [4.78, 5) is 54.7. The molecule has 3 atom stereocenters. The smallest absolute Gasteiger partial charge is 0.270 e. The van der Waals surface area contributed by atoms with Crippen molar-refractivity contribution >= 4 is 46.3 Å². The van der Waals surface area contributed by atoms with Gasteiger partial charge < -0.3 is 26.8 Å². The maximum absolute atomic E-state index is 13.4. The summed E-state index contributed by atoms with van der Waals surface area (Å²) in [5.41, 5.74) is 6.66. The van der Waals surface area contributed by atoms with Gasteiger partial charge in [0.15, 0.2) is 0 Å². The number of amides is 4. The Kier molecular flexibility index (Phi) is 11.9. The molecule has 224 valence electrons. The normalized spacial score (nSPS) is 13.5. The molecular formula is C31H39N5O5S. The number of carbonyl (C=O) groups is 4. The monoisotopic (exact) mass is 593 g/mol. The quantitative estimate of drug-likeness (QED) is 0.179. The molecule has 0 aliphatic heterocycles. The first-order valence-corrected chi connectivity index (χ1v) is 14.9. The number of rotatable bonds is 14. The van der Waals surface area contributed by atoms with Crippen LogP contribution in [0.5, 0.6) is 0 Å². The van der Waals surface area contributed by atoms with Crippen molar-refractivity contribution in [3.63, 3.8) is 0 Å². The Labute approximate surface area is 250 Å². The van der Waals surface area contributed by atoms with Crippen molar-refractivity contribution in [1.29, 1.82) is 0 Å². The van der Waals surface area contributed by atoms with E-state index < -0.39 is 42.3 Å². The van der Waals surface area contributed by atoms with E-state index in [2.05, 4.69) is 20.9 Å². The molecule has 42 heavy (non-hydrogen) atoms. The van der Waals surface area contributed by atoms with Gasteiger partial charge in [0, 0.05) is 28.9 Å². The van der Waals surface area contributed by atoms with Crippen LogP contribution in [0.15, 0.2) is 66.7 Å². The van der Waals surface area contributed by atoms with Gasteiger partial charge in [-0.25, -0.2) is 4.98 Å². The van der Waals surface area contributed by atoms with Gasteiger partial charge in [0.1, 0.15) is 11.7 Å². The van der Waals surface area contributed by atoms with Crippen LogP contribution in [0.4, 0.5) is 0 Å². The van der Waals surface area contributed by atoms with Gasteiger partial charge in [0.2, 0.25) is 17.7 Å². The summed E-state index contributed by atoms with van der Waals surface area (Å²) >= 11 is 1.40. The first-order valence-electron chi connectivity index (χ1n) is 13.8. The van der Waals surface area contributed by atoms with E-state index in [9.17, 15) is 24.3 Å². The largest absolute Gasteiger partial charge is 0.390 e. The second-order valence-corrected chi connectivity index (χ2v) is 12.2.